The number of esters is 1. The van der Waals surface area contributed by atoms with Gasteiger partial charge in [-0.3, -0.25) is 9.59 Å². The number of amides is 1. The molecule has 1 heterocycles. The summed E-state index contributed by atoms with van der Waals surface area (Å²) in [6.07, 6.45) is 0.864. The van der Waals surface area contributed by atoms with Crippen molar-refractivity contribution in [2.24, 2.45) is 0 Å². The smallest absolute Gasteiger partial charge is 0.305 e. The van der Waals surface area contributed by atoms with Crippen molar-refractivity contribution in [3.63, 3.8) is 0 Å². The van der Waals surface area contributed by atoms with Crippen LogP contribution in [0.5, 0.6) is 0 Å². The lowest BCUT2D eigenvalue weighted by Gasteiger charge is -2.09. The van der Waals surface area contributed by atoms with Gasteiger partial charge in [0.05, 0.1) is 25.8 Å². The first-order valence-electron chi connectivity index (χ1n) is 5.48. The van der Waals surface area contributed by atoms with Crippen LogP contribution in [0.1, 0.15) is 12.1 Å². The molecule has 0 bridgehead atoms. The number of aryl methyl sites for hydroxylation is 1. The number of ether oxygens (including phenoxy) is 1. The van der Waals surface area contributed by atoms with Gasteiger partial charge in [-0.05, 0) is 0 Å². The van der Waals surface area contributed by atoms with Crippen LogP contribution in [0.2, 0.25) is 0 Å². The normalized spacial score (nSPS) is 9.94. The number of hydrogen-bond acceptors (Lipinski definition) is 6. The molecular weight excluding hydrogens is 254 g/mol. The van der Waals surface area contributed by atoms with Crippen molar-refractivity contribution in [3.05, 3.63) is 11.1 Å². The monoisotopic (exact) mass is 271 g/mol. The average Bonchev–Trinajstić information content (AvgIpc) is 2.80. The molecule has 1 aromatic rings. The summed E-state index contributed by atoms with van der Waals surface area (Å²) in [7, 11) is 4.77. The van der Waals surface area contributed by atoms with Crippen LogP contribution in [0, 0.1) is 0 Å². The van der Waals surface area contributed by atoms with Crippen LogP contribution < -0.4 is 5.32 Å². The van der Waals surface area contributed by atoms with Crippen LogP contribution in [-0.2, 0) is 20.7 Å². The van der Waals surface area contributed by atoms with Crippen molar-refractivity contribution < 1.29 is 14.3 Å². The first-order chi connectivity index (χ1) is 8.52. The van der Waals surface area contributed by atoms with Crippen LogP contribution in [0.4, 0.5) is 5.13 Å². The highest BCUT2D eigenvalue weighted by molar-refractivity contribution is 7.13. The molecule has 0 aliphatic carbocycles. The van der Waals surface area contributed by atoms with Crippen molar-refractivity contribution >= 4 is 28.3 Å². The predicted molar refractivity (Wildman–Crippen MR) is 69.6 cm³/mol. The van der Waals surface area contributed by atoms with Gasteiger partial charge < -0.3 is 15.0 Å². The van der Waals surface area contributed by atoms with Gasteiger partial charge in [-0.15, -0.1) is 11.3 Å². The quantitative estimate of drug-likeness (QED) is 0.773. The number of thiazole rings is 1. The zero-order chi connectivity index (χ0) is 13.5. The highest BCUT2D eigenvalue weighted by Crippen LogP contribution is 2.16. The molecule has 0 unspecified atom stereocenters. The Labute approximate surface area is 110 Å². The standard InChI is InChI=1S/C11H17N3O3S/c1-14(2)9(15)6-12-11-13-8(7-18-11)4-5-10(16)17-3/h7H,4-6H2,1-3H3,(H,12,13). The van der Waals surface area contributed by atoms with E-state index in [1.165, 1.54) is 23.3 Å². The number of likely N-dealkylation sites (N-methyl/N-ethyl adjacent to an activating group) is 1. The van der Waals surface area contributed by atoms with Crippen LogP contribution in [0.15, 0.2) is 5.38 Å². The third-order valence-corrected chi connectivity index (χ3v) is 3.10. The lowest BCUT2D eigenvalue weighted by molar-refractivity contribution is -0.140. The van der Waals surface area contributed by atoms with E-state index >= 15 is 0 Å². The summed E-state index contributed by atoms with van der Waals surface area (Å²) in [5.41, 5.74) is 0.824. The highest BCUT2D eigenvalue weighted by atomic mass is 32.1. The number of methoxy groups -OCH3 is 1. The zero-order valence-corrected chi connectivity index (χ0v) is 11.5. The van der Waals surface area contributed by atoms with Crippen molar-refractivity contribution in [2.45, 2.75) is 12.8 Å². The van der Waals surface area contributed by atoms with Crippen LogP contribution >= 0.6 is 11.3 Å². The molecule has 0 aromatic carbocycles. The summed E-state index contributed by atoms with van der Waals surface area (Å²) in [4.78, 5) is 28.1. The molecule has 1 N–H and O–H groups in total. The maximum absolute atomic E-state index is 11.4. The Balaban J connectivity index is 2.39. The van der Waals surface area contributed by atoms with E-state index in [4.69, 9.17) is 0 Å². The number of nitrogens with one attached hydrogen (secondary N) is 1. The molecule has 0 saturated carbocycles. The van der Waals surface area contributed by atoms with Gasteiger partial charge in [-0.2, -0.15) is 0 Å². The summed E-state index contributed by atoms with van der Waals surface area (Å²) in [6.45, 7) is 0.219. The van der Waals surface area contributed by atoms with Gasteiger partial charge in [0, 0.05) is 25.9 Å². The van der Waals surface area contributed by atoms with E-state index < -0.39 is 0 Å². The van der Waals surface area contributed by atoms with Crippen LogP contribution in [0.3, 0.4) is 0 Å². The fourth-order valence-electron chi connectivity index (χ4n) is 1.14. The molecule has 7 heteroatoms. The van der Waals surface area contributed by atoms with Crippen molar-refractivity contribution in [1.82, 2.24) is 9.88 Å². The molecule has 18 heavy (non-hydrogen) atoms. The van der Waals surface area contributed by atoms with Gasteiger partial charge in [0.25, 0.3) is 0 Å². The van der Waals surface area contributed by atoms with Crippen LogP contribution in [0.25, 0.3) is 0 Å². The second-order valence-electron chi connectivity index (χ2n) is 3.86. The molecule has 1 rings (SSSR count). The topological polar surface area (TPSA) is 71.5 Å². The molecule has 100 valence electrons. The number of aromatic nitrogens is 1. The largest absolute Gasteiger partial charge is 0.469 e. The number of nitrogens with zero attached hydrogens (tertiary/aromatic N) is 2. The lowest BCUT2D eigenvalue weighted by Crippen LogP contribution is -2.28. The van der Waals surface area contributed by atoms with E-state index in [0.29, 0.717) is 18.0 Å². The number of carbonyl (C=O) groups is 2. The Hall–Kier alpha value is -1.63. The van der Waals surface area contributed by atoms with Gasteiger partial charge >= 0.3 is 5.97 Å². The van der Waals surface area contributed by atoms with Gasteiger partial charge in [0.15, 0.2) is 5.13 Å². The van der Waals surface area contributed by atoms with E-state index in [2.05, 4.69) is 15.0 Å². The molecule has 6 nitrogen and oxygen atoms in total. The second-order valence-corrected chi connectivity index (χ2v) is 4.72. The number of anilines is 1. The van der Waals surface area contributed by atoms with Crippen molar-refractivity contribution in [1.29, 1.82) is 0 Å². The molecule has 0 spiro atoms. The van der Waals surface area contributed by atoms with Gasteiger partial charge in [0.2, 0.25) is 5.91 Å². The van der Waals surface area contributed by atoms with Gasteiger partial charge in [-0.25, -0.2) is 4.98 Å². The summed E-state index contributed by atoms with van der Waals surface area (Å²) in [5, 5.41) is 5.50. The summed E-state index contributed by atoms with van der Waals surface area (Å²) >= 11 is 1.42. The van der Waals surface area contributed by atoms with Gasteiger partial charge in [0.1, 0.15) is 0 Å². The summed E-state index contributed by atoms with van der Waals surface area (Å²) < 4.78 is 4.55. The van der Waals surface area contributed by atoms with E-state index in [1.54, 1.807) is 14.1 Å². The maximum atomic E-state index is 11.4. The van der Waals surface area contributed by atoms with E-state index in [1.807, 2.05) is 5.38 Å². The Morgan fingerprint density at radius 1 is 1.50 bits per heavy atom. The molecule has 0 aliphatic rings. The maximum Gasteiger partial charge on any atom is 0.305 e. The lowest BCUT2D eigenvalue weighted by atomic mass is 10.2. The third kappa shape index (κ3) is 4.70. The fourth-order valence-corrected chi connectivity index (χ4v) is 1.89. The molecule has 0 atom stereocenters. The molecular formula is C11H17N3O3S. The first kappa shape index (κ1) is 14.4. The van der Waals surface area contributed by atoms with Crippen molar-refractivity contribution in [2.75, 3.05) is 33.1 Å². The molecule has 0 aliphatic heterocycles. The highest BCUT2D eigenvalue weighted by Gasteiger charge is 2.07. The number of rotatable bonds is 6. The fraction of sp³-hybridized carbons (Fsp3) is 0.545. The first-order valence-corrected chi connectivity index (χ1v) is 6.36. The minimum absolute atomic E-state index is 0.0127. The second kappa shape index (κ2) is 6.95. The van der Waals surface area contributed by atoms with E-state index in [-0.39, 0.29) is 18.4 Å². The van der Waals surface area contributed by atoms with Crippen molar-refractivity contribution in [3.8, 4) is 0 Å². The Kier molecular flexibility index (Phi) is 5.57. The SMILES string of the molecule is COC(=O)CCc1csc(NCC(=O)N(C)C)n1. The Morgan fingerprint density at radius 2 is 2.22 bits per heavy atom. The molecule has 1 aromatic heterocycles. The molecule has 0 radical (unpaired) electrons. The van der Waals surface area contributed by atoms with E-state index in [9.17, 15) is 9.59 Å². The molecule has 0 fully saturated rings. The minimum atomic E-state index is -0.250. The summed E-state index contributed by atoms with van der Waals surface area (Å²) in [5.74, 6) is -0.262. The van der Waals surface area contributed by atoms with E-state index in [0.717, 1.165) is 5.69 Å². The zero-order valence-electron chi connectivity index (χ0n) is 10.7. The third-order valence-electron chi connectivity index (χ3n) is 2.25. The van der Waals surface area contributed by atoms with Crippen LogP contribution in [-0.4, -0.2) is 49.5 Å². The van der Waals surface area contributed by atoms with Gasteiger partial charge in [-0.1, -0.05) is 0 Å². The summed E-state index contributed by atoms with van der Waals surface area (Å²) in [6, 6.07) is 0. The number of carbonyl (C=O) groups excluding carboxylic acids is 2. The molecule has 1 amide bonds. The molecule has 0 saturated heterocycles. The Bertz CT molecular complexity index is 417. The average molecular weight is 271 g/mol. The minimum Gasteiger partial charge on any atom is -0.469 e. The number of hydrogen-bond donors (Lipinski definition) is 1. The predicted octanol–water partition coefficient (Wildman–Crippen LogP) is 0.749. The Morgan fingerprint density at radius 3 is 2.83 bits per heavy atom.